The monoisotopic (exact) mass is 434 g/mol. The number of β-amino-alcohol motifs (C(OH)–C–C–N with tert-alkyl or cyclic N) is 1. The number of rotatable bonds is 6. The predicted octanol–water partition coefficient (Wildman–Crippen LogP) is 3.23. The maximum Gasteiger partial charge on any atom is 0.416 e. The lowest BCUT2D eigenvalue weighted by Crippen LogP contribution is -2.32. The van der Waals surface area contributed by atoms with E-state index < -0.39 is 17.8 Å². The molecule has 4 N–H and O–H groups in total. The van der Waals surface area contributed by atoms with Crippen LogP contribution in [-0.4, -0.2) is 44.9 Å². The topological polar surface area (TPSA) is 86.5 Å². The van der Waals surface area contributed by atoms with Gasteiger partial charge >= 0.3 is 6.18 Å². The summed E-state index contributed by atoms with van der Waals surface area (Å²) in [7, 11) is 0. The standard InChI is InChI=1S/C21H25F3N6O/c1-12(2)15-9-27-30-19(26-8-13-3-5-14(6-4-13)21(22,23)24)7-18(29-20(15)30)28-16-10-25-11-17(16)31/h3-7,9,12,16-17,25-26,31H,8,10-11H2,1-2H3,(H,28,29). The molecule has 0 bridgehead atoms. The van der Waals surface area contributed by atoms with Gasteiger partial charge in [-0.3, -0.25) is 0 Å². The summed E-state index contributed by atoms with van der Waals surface area (Å²) in [6, 6.07) is 6.69. The van der Waals surface area contributed by atoms with Crippen molar-refractivity contribution in [1.29, 1.82) is 0 Å². The fraction of sp³-hybridized carbons (Fsp3) is 0.429. The Bertz CT molecular complexity index is 1050. The first kappa shape index (κ1) is 21.4. The molecule has 3 aromatic rings. The summed E-state index contributed by atoms with van der Waals surface area (Å²) in [4.78, 5) is 4.69. The number of nitrogens with zero attached hydrogens (tertiary/aromatic N) is 3. The Morgan fingerprint density at radius 1 is 1.23 bits per heavy atom. The second-order valence-corrected chi connectivity index (χ2v) is 8.04. The number of aliphatic hydroxyl groups excluding tert-OH is 1. The third-order valence-corrected chi connectivity index (χ3v) is 5.39. The van der Waals surface area contributed by atoms with Crippen LogP contribution in [0.15, 0.2) is 36.5 Å². The van der Waals surface area contributed by atoms with Crippen molar-refractivity contribution in [2.24, 2.45) is 0 Å². The summed E-state index contributed by atoms with van der Waals surface area (Å²) >= 11 is 0. The van der Waals surface area contributed by atoms with Crippen LogP contribution < -0.4 is 16.0 Å². The van der Waals surface area contributed by atoms with Gasteiger partial charge in [0.05, 0.1) is 23.9 Å². The van der Waals surface area contributed by atoms with Crippen LogP contribution in [0.1, 0.15) is 36.5 Å². The molecule has 7 nitrogen and oxygen atoms in total. The van der Waals surface area contributed by atoms with Crippen LogP contribution >= 0.6 is 0 Å². The van der Waals surface area contributed by atoms with Crippen LogP contribution in [-0.2, 0) is 12.7 Å². The Kier molecular flexibility index (Phi) is 5.76. The third-order valence-electron chi connectivity index (χ3n) is 5.39. The predicted molar refractivity (Wildman–Crippen MR) is 112 cm³/mol. The number of benzene rings is 1. The molecule has 0 aliphatic carbocycles. The number of anilines is 2. The average Bonchev–Trinajstić information content (AvgIpc) is 3.32. The summed E-state index contributed by atoms with van der Waals surface area (Å²) in [6.45, 7) is 5.57. The number of aliphatic hydroxyl groups is 1. The van der Waals surface area contributed by atoms with E-state index in [4.69, 9.17) is 4.98 Å². The highest BCUT2D eigenvalue weighted by atomic mass is 19.4. The fourth-order valence-corrected chi connectivity index (χ4v) is 3.59. The number of hydrogen-bond acceptors (Lipinski definition) is 6. The minimum atomic E-state index is -4.36. The molecule has 0 saturated carbocycles. The number of alkyl halides is 3. The maximum atomic E-state index is 12.8. The van der Waals surface area contributed by atoms with E-state index >= 15 is 0 Å². The lowest BCUT2D eigenvalue weighted by Gasteiger charge is -2.18. The number of hydrogen-bond donors (Lipinski definition) is 4. The molecule has 1 aliphatic rings. The van der Waals surface area contributed by atoms with Crippen molar-refractivity contribution in [2.45, 2.75) is 44.6 Å². The van der Waals surface area contributed by atoms with Crippen molar-refractivity contribution in [3.63, 3.8) is 0 Å². The van der Waals surface area contributed by atoms with E-state index in [1.165, 1.54) is 12.1 Å². The molecule has 0 radical (unpaired) electrons. The molecule has 1 aliphatic heterocycles. The van der Waals surface area contributed by atoms with Gasteiger partial charge in [-0.1, -0.05) is 26.0 Å². The van der Waals surface area contributed by atoms with Crippen molar-refractivity contribution >= 4 is 17.3 Å². The molecule has 31 heavy (non-hydrogen) atoms. The second-order valence-electron chi connectivity index (χ2n) is 8.04. The molecular weight excluding hydrogens is 409 g/mol. The lowest BCUT2D eigenvalue weighted by atomic mass is 10.1. The van der Waals surface area contributed by atoms with Crippen LogP contribution in [0.2, 0.25) is 0 Å². The summed E-state index contributed by atoms with van der Waals surface area (Å²) < 4.78 is 40.1. The summed E-state index contributed by atoms with van der Waals surface area (Å²) in [5.74, 6) is 1.46. The smallest absolute Gasteiger partial charge is 0.390 e. The van der Waals surface area contributed by atoms with E-state index in [1.54, 1.807) is 16.8 Å². The molecule has 1 saturated heterocycles. The number of fused-ring (bicyclic) bond motifs is 1. The number of nitrogens with one attached hydrogen (secondary N) is 3. The van der Waals surface area contributed by atoms with Gasteiger partial charge in [-0.05, 0) is 23.6 Å². The zero-order valence-corrected chi connectivity index (χ0v) is 17.2. The van der Waals surface area contributed by atoms with E-state index in [9.17, 15) is 18.3 Å². The Morgan fingerprint density at radius 2 is 1.97 bits per heavy atom. The van der Waals surface area contributed by atoms with Gasteiger partial charge in [0.25, 0.3) is 0 Å². The normalized spacial score (nSPS) is 19.3. The van der Waals surface area contributed by atoms with Gasteiger partial charge in [0.2, 0.25) is 0 Å². The van der Waals surface area contributed by atoms with Gasteiger partial charge in [0.1, 0.15) is 11.6 Å². The molecule has 3 heterocycles. The Morgan fingerprint density at radius 3 is 2.58 bits per heavy atom. The Balaban J connectivity index is 1.60. The number of halogens is 3. The van der Waals surface area contributed by atoms with Crippen LogP contribution in [0, 0.1) is 0 Å². The van der Waals surface area contributed by atoms with E-state index in [1.807, 2.05) is 0 Å². The zero-order valence-electron chi connectivity index (χ0n) is 17.2. The molecule has 2 aromatic heterocycles. The Labute approximate surface area is 177 Å². The van der Waals surface area contributed by atoms with Gasteiger partial charge in [0.15, 0.2) is 5.65 Å². The van der Waals surface area contributed by atoms with E-state index in [2.05, 4.69) is 34.9 Å². The average molecular weight is 434 g/mol. The second kappa shape index (κ2) is 8.35. The van der Waals surface area contributed by atoms with Gasteiger partial charge < -0.3 is 21.1 Å². The molecule has 0 spiro atoms. The minimum Gasteiger partial charge on any atom is -0.390 e. The highest BCUT2D eigenvalue weighted by Crippen LogP contribution is 2.29. The van der Waals surface area contributed by atoms with Crippen molar-refractivity contribution in [3.8, 4) is 0 Å². The molecule has 1 aromatic carbocycles. The first-order chi connectivity index (χ1) is 14.7. The van der Waals surface area contributed by atoms with E-state index in [0.717, 1.165) is 17.7 Å². The van der Waals surface area contributed by atoms with Crippen molar-refractivity contribution in [1.82, 2.24) is 19.9 Å². The van der Waals surface area contributed by atoms with Gasteiger partial charge in [0, 0.05) is 31.3 Å². The largest absolute Gasteiger partial charge is 0.416 e. The van der Waals surface area contributed by atoms with Gasteiger partial charge in [-0.25, -0.2) is 4.98 Å². The summed E-state index contributed by atoms with van der Waals surface area (Å²) in [5.41, 5.74) is 1.70. The van der Waals surface area contributed by atoms with Crippen molar-refractivity contribution < 1.29 is 18.3 Å². The highest BCUT2D eigenvalue weighted by molar-refractivity contribution is 5.61. The number of aromatic nitrogens is 3. The third kappa shape index (κ3) is 4.59. The highest BCUT2D eigenvalue weighted by Gasteiger charge is 2.30. The fourth-order valence-electron chi connectivity index (χ4n) is 3.59. The van der Waals surface area contributed by atoms with Crippen LogP contribution in [0.5, 0.6) is 0 Å². The molecule has 2 unspecified atom stereocenters. The van der Waals surface area contributed by atoms with Crippen LogP contribution in [0.3, 0.4) is 0 Å². The first-order valence-corrected chi connectivity index (χ1v) is 10.2. The van der Waals surface area contributed by atoms with Crippen molar-refractivity contribution in [2.75, 3.05) is 23.7 Å². The minimum absolute atomic E-state index is 0.164. The molecule has 166 valence electrons. The zero-order chi connectivity index (χ0) is 22.2. The van der Waals surface area contributed by atoms with E-state index in [-0.39, 0.29) is 12.0 Å². The lowest BCUT2D eigenvalue weighted by molar-refractivity contribution is -0.137. The van der Waals surface area contributed by atoms with Crippen molar-refractivity contribution in [3.05, 3.63) is 53.2 Å². The first-order valence-electron chi connectivity index (χ1n) is 10.2. The van der Waals surface area contributed by atoms with Gasteiger partial charge in [-0.2, -0.15) is 22.8 Å². The van der Waals surface area contributed by atoms with Gasteiger partial charge in [-0.15, -0.1) is 0 Å². The SMILES string of the molecule is CC(C)c1cnn2c(NCc3ccc(C(F)(F)F)cc3)cc(NC3CNCC3O)nc12. The van der Waals surface area contributed by atoms with Crippen LogP contribution in [0.4, 0.5) is 24.8 Å². The quantitative estimate of drug-likeness (QED) is 0.477. The molecule has 10 heteroatoms. The molecule has 0 amide bonds. The molecule has 4 rings (SSSR count). The van der Waals surface area contributed by atoms with E-state index in [0.29, 0.717) is 42.5 Å². The Hall–Kier alpha value is -2.85. The molecule has 2 atom stereocenters. The molecular formula is C21H25F3N6O. The molecule has 1 fully saturated rings. The summed E-state index contributed by atoms with van der Waals surface area (Å²) in [5, 5.41) is 24.2. The van der Waals surface area contributed by atoms with Crippen LogP contribution in [0.25, 0.3) is 5.65 Å². The summed E-state index contributed by atoms with van der Waals surface area (Å²) in [6.07, 6.45) is -3.10. The maximum absolute atomic E-state index is 12.8.